The normalized spacial score (nSPS) is 17.7. The maximum Gasteiger partial charge on any atom is 0.134 e. The average molecular weight is 264 g/mol. The van der Waals surface area contributed by atoms with Gasteiger partial charge in [0.05, 0.1) is 0 Å². The van der Waals surface area contributed by atoms with E-state index in [1.54, 1.807) is 12.1 Å². The molecule has 1 aromatic rings. The molecule has 1 fully saturated rings. The number of halogens is 2. The van der Waals surface area contributed by atoms with Gasteiger partial charge in [-0.15, -0.1) is 0 Å². The fraction of sp³-hybridized carbons (Fsp3) is 0.500. The highest BCUT2D eigenvalue weighted by Gasteiger charge is 2.15. The Hall–Kier alpha value is -0.120. The Morgan fingerprint density at radius 2 is 1.80 bits per heavy atom. The van der Waals surface area contributed by atoms with Crippen LogP contribution >= 0.6 is 35.0 Å². The predicted octanol–water partition coefficient (Wildman–Crippen LogP) is 3.66. The quantitative estimate of drug-likeness (QED) is 0.761. The first-order valence-electron chi connectivity index (χ1n) is 4.81. The van der Waals surface area contributed by atoms with Crippen molar-refractivity contribution in [3.05, 3.63) is 22.4 Å². The molecule has 15 heavy (non-hydrogen) atoms. The summed E-state index contributed by atoms with van der Waals surface area (Å²) in [6.45, 7) is 0. The standard InChI is InChI=1S/C10H11Cl2NOS/c11-9-5-8(6-10(12)13-9)14-7-1-3-15-4-2-7/h5-7H,1-4H2. The van der Waals surface area contributed by atoms with E-state index < -0.39 is 0 Å². The Morgan fingerprint density at radius 3 is 2.40 bits per heavy atom. The van der Waals surface area contributed by atoms with Crippen molar-refractivity contribution >= 4 is 35.0 Å². The Kier molecular flexibility index (Phi) is 4.00. The van der Waals surface area contributed by atoms with Crippen LogP contribution in [0.25, 0.3) is 0 Å². The van der Waals surface area contributed by atoms with Crippen LogP contribution in [-0.4, -0.2) is 22.6 Å². The Labute approximate surface area is 103 Å². The lowest BCUT2D eigenvalue weighted by Gasteiger charge is -2.22. The van der Waals surface area contributed by atoms with E-state index in [0.29, 0.717) is 16.4 Å². The molecule has 0 N–H and O–H groups in total. The zero-order chi connectivity index (χ0) is 10.7. The van der Waals surface area contributed by atoms with Crippen molar-refractivity contribution < 1.29 is 4.74 Å². The molecule has 0 saturated carbocycles. The van der Waals surface area contributed by atoms with Gasteiger partial charge in [-0.25, -0.2) is 4.98 Å². The van der Waals surface area contributed by atoms with Crippen molar-refractivity contribution in [1.29, 1.82) is 0 Å². The zero-order valence-corrected chi connectivity index (χ0v) is 10.4. The first kappa shape index (κ1) is 11.4. The molecule has 2 rings (SSSR count). The second kappa shape index (κ2) is 5.28. The van der Waals surface area contributed by atoms with Gasteiger partial charge in [0.15, 0.2) is 0 Å². The van der Waals surface area contributed by atoms with Gasteiger partial charge in [0.25, 0.3) is 0 Å². The molecule has 0 bridgehead atoms. The first-order valence-corrected chi connectivity index (χ1v) is 6.72. The summed E-state index contributed by atoms with van der Waals surface area (Å²) < 4.78 is 5.79. The molecule has 1 aliphatic heterocycles. The Balaban J connectivity index is 2.02. The monoisotopic (exact) mass is 263 g/mol. The number of thioether (sulfide) groups is 1. The fourth-order valence-corrected chi connectivity index (χ4v) is 3.00. The number of ether oxygens (including phenoxy) is 1. The fourth-order valence-electron chi connectivity index (χ4n) is 1.50. The number of nitrogens with zero attached hydrogens (tertiary/aromatic N) is 1. The lowest BCUT2D eigenvalue weighted by molar-refractivity contribution is 0.192. The zero-order valence-electron chi connectivity index (χ0n) is 8.08. The lowest BCUT2D eigenvalue weighted by Crippen LogP contribution is -2.22. The third-order valence-electron chi connectivity index (χ3n) is 2.21. The Morgan fingerprint density at radius 1 is 1.20 bits per heavy atom. The maximum atomic E-state index is 5.79. The molecule has 0 unspecified atom stereocenters. The molecule has 1 aliphatic rings. The largest absolute Gasteiger partial charge is 0.490 e. The van der Waals surface area contributed by atoms with Crippen LogP contribution in [0, 0.1) is 0 Å². The second-order valence-electron chi connectivity index (χ2n) is 3.38. The third kappa shape index (κ3) is 3.44. The number of pyridine rings is 1. The predicted molar refractivity (Wildman–Crippen MR) is 65.2 cm³/mol. The van der Waals surface area contributed by atoms with E-state index in [9.17, 15) is 0 Å². The van der Waals surface area contributed by atoms with Gasteiger partial charge in [-0.1, -0.05) is 23.2 Å². The van der Waals surface area contributed by atoms with E-state index in [1.165, 1.54) is 0 Å². The van der Waals surface area contributed by atoms with E-state index in [1.807, 2.05) is 11.8 Å². The molecular weight excluding hydrogens is 253 g/mol. The molecule has 2 heterocycles. The van der Waals surface area contributed by atoms with E-state index in [4.69, 9.17) is 27.9 Å². The molecule has 2 nitrogen and oxygen atoms in total. The molecule has 0 radical (unpaired) electrons. The molecule has 1 saturated heterocycles. The van der Waals surface area contributed by atoms with Gasteiger partial charge in [-0.05, 0) is 24.3 Å². The van der Waals surface area contributed by atoms with E-state index in [2.05, 4.69) is 4.98 Å². The molecule has 0 amide bonds. The minimum atomic E-state index is 0.292. The van der Waals surface area contributed by atoms with Crippen molar-refractivity contribution in [2.24, 2.45) is 0 Å². The number of hydrogen-bond donors (Lipinski definition) is 0. The van der Waals surface area contributed by atoms with Crippen molar-refractivity contribution in [1.82, 2.24) is 4.98 Å². The van der Waals surface area contributed by atoms with Crippen LogP contribution in [0.4, 0.5) is 0 Å². The van der Waals surface area contributed by atoms with E-state index in [-0.39, 0.29) is 0 Å². The van der Waals surface area contributed by atoms with E-state index in [0.717, 1.165) is 30.1 Å². The first-order chi connectivity index (χ1) is 7.24. The van der Waals surface area contributed by atoms with Crippen LogP contribution in [-0.2, 0) is 0 Å². The smallest absolute Gasteiger partial charge is 0.134 e. The van der Waals surface area contributed by atoms with Crippen LogP contribution in [0.5, 0.6) is 5.75 Å². The highest BCUT2D eigenvalue weighted by Crippen LogP contribution is 2.25. The lowest BCUT2D eigenvalue weighted by atomic mass is 10.2. The van der Waals surface area contributed by atoms with Gasteiger partial charge in [-0.2, -0.15) is 11.8 Å². The van der Waals surface area contributed by atoms with Crippen LogP contribution in [0.15, 0.2) is 12.1 Å². The highest BCUT2D eigenvalue weighted by molar-refractivity contribution is 7.99. The topological polar surface area (TPSA) is 22.1 Å². The summed E-state index contributed by atoms with van der Waals surface area (Å²) in [6, 6.07) is 3.41. The van der Waals surface area contributed by atoms with Gasteiger partial charge < -0.3 is 4.74 Å². The highest BCUT2D eigenvalue weighted by atomic mass is 35.5. The molecule has 0 aromatic carbocycles. The summed E-state index contributed by atoms with van der Waals surface area (Å²) in [4.78, 5) is 3.87. The second-order valence-corrected chi connectivity index (χ2v) is 5.38. The number of rotatable bonds is 2. The SMILES string of the molecule is Clc1cc(OC2CCSCC2)cc(Cl)n1. The summed E-state index contributed by atoms with van der Waals surface area (Å²) in [6.07, 6.45) is 2.46. The maximum absolute atomic E-state index is 5.79. The Bertz CT molecular complexity index is 322. The van der Waals surface area contributed by atoms with Gasteiger partial charge >= 0.3 is 0 Å². The summed E-state index contributed by atoms with van der Waals surface area (Å²) in [7, 11) is 0. The van der Waals surface area contributed by atoms with Gasteiger partial charge in [0, 0.05) is 12.1 Å². The third-order valence-corrected chi connectivity index (χ3v) is 3.64. The summed E-state index contributed by atoms with van der Waals surface area (Å²) in [5, 5.41) is 0.755. The van der Waals surface area contributed by atoms with Crippen molar-refractivity contribution in [2.75, 3.05) is 11.5 Å². The summed E-state index contributed by atoms with van der Waals surface area (Å²) in [5.74, 6) is 3.05. The van der Waals surface area contributed by atoms with Crippen molar-refractivity contribution in [3.8, 4) is 5.75 Å². The molecule has 5 heteroatoms. The summed E-state index contributed by atoms with van der Waals surface area (Å²) in [5.41, 5.74) is 0. The summed E-state index contributed by atoms with van der Waals surface area (Å²) >= 11 is 13.5. The van der Waals surface area contributed by atoms with Crippen molar-refractivity contribution in [2.45, 2.75) is 18.9 Å². The van der Waals surface area contributed by atoms with E-state index >= 15 is 0 Å². The van der Waals surface area contributed by atoms with Gasteiger partial charge in [0.2, 0.25) is 0 Å². The molecule has 1 aromatic heterocycles. The molecule has 0 spiro atoms. The average Bonchev–Trinajstić information content (AvgIpc) is 2.17. The van der Waals surface area contributed by atoms with Crippen LogP contribution < -0.4 is 4.74 Å². The molecular formula is C10H11Cl2NOS. The molecule has 82 valence electrons. The minimum Gasteiger partial charge on any atom is -0.490 e. The van der Waals surface area contributed by atoms with Crippen LogP contribution in [0.3, 0.4) is 0 Å². The van der Waals surface area contributed by atoms with Crippen molar-refractivity contribution in [3.63, 3.8) is 0 Å². The van der Waals surface area contributed by atoms with Gasteiger partial charge in [-0.3, -0.25) is 0 Å². The van der Waals surface area contributed by atoms with Crippen LogP contribution in [0.1, 0.15) is 12.8 Å². The van der Waals surface area contributed by atoms with Crippen LogP contribution in [0.2, 0.25) is 10.3 Å². The number of aromatic nitrogens is 1. The molecule has 0 atom stereocenters. The minimum absolute atomic E-state index is 0.292. The van der Waals surface area contributed by atoms with Gasteiger partial charge in [0.1, 0.15) is 22.2 Å². The molecule has 0 aliphatic carbocycles. The number of hydrogen-bond acceptors (Lipinski definition) is 3.